The van der Waals surface area contributed by atoms with Crippen molar-refractivity contribution >= 4 is 40.3 Å². The highest BCUT2D eigenvalue weighted by Gasteiger charge is 2.37. The van der Waals surface area contributed by atoms with E-state index in [-0.39, 0.29) is 12.5 Å². The molecule has 0 radical (unpaired) electrons. The quantitative estimate of drug-likeness (QED) is 0.326. The highest BCUT2D eigenvalue weighted by molar-refractivity contribution is 6.27. The molecule has 0 bridgehead atoms. The molecule has 41 heavy (non-hydrogen) atoms. The summed E-state index contributed by atoms with van der Waals surface area (Å²) in [6.07, 6.45) is -0.950. The van der Waals surface area contributed by atoms with Gasteiger partial charge in [0.1, 0.15) is 12.6 Å². The van der Waals surface area contributed by atoms with Gasteiger partial charge in [-0.05, 0) is 40.5 Å². The number of hydrogen-bond donors (Lipinski definition) is 2. The molecule has 6 rings (SSSR count). The van der Waals surface area contributed by atoms with Crippen molar-refractivity contribution in [2.45, 2.75) is 12.0 Å². The number of nitrogens with zero attached hydrogens (tertiary/aromatic N) is 2. The molecule has 9 nitrogen and oxygen atoms in total. The van der Waals surface area contributed by atoms with Gasteiger partial charge in [0.25, 0.3) is 11.8 Å². The average molecular weight is 550 g/mol. The molecule has 1 aliphatic heterocycles. The summed E-state index contributed by atoms with van der Waals surface area (Å²) in [5.74, 6) is -2.84. The molecule has 1 heterocycles. The summed E-state index contributed by atoms with van der Waals surface area (Å²) >= 11 is 0. The van der Waals surface area contributed by atoms with E-state index in [0.29, 0.717) is 16.5 Å². The molecule has 0 saturated heterocycles. The molecule has 0 aromatic heterocycles. The van der Waals surface area contributed by atoms with Gasteiger partial charge in [0.2, 0.25) is 0 Å². The molecule has 1 aliphatic carbocycles. The summed E-state index contributed by atoms with van der Waals surface area (Å²) in [5.41, 5.74) is 5.61. The number of carbonyl (C=O) groups is 4. The monoisotopic (exact) mass is 549 g/mol. The van der Waals surface area contributed by atoms with Crippen molar-refractivity contribution in [2.24, 2.45) is 0 Å². The van der Waals surface area contributed by atoms with Crippen molar-refractivity contribution in [1.82, 2.24) is 10.2 Å². The van der Waals surface area contributed by atoms with E-state index in [1.165, 1.54) is 0 Å². The second-order valence-electron chi connectivity index (χ2n) is 10.3. The van der Waals surface area contributed by atoms with Crippen LogP contribution in [0.2, 0.25) is 0 Å². The standard InChI is InChI=1S/C32H27N3O6/c1-34(2)27-15-14-24-28-22(27)12-7-13-23(28)29(36)35(30(24)37)16-26(31(38)39)33-32(40)41-17-25-20-10-5-3-8-18(20)19-9-4-6-11-21(19)25/h3-15,25-26H,16-17H2,1-2H3,(H,33,40)(H,38,39)/t26-/m1/s1. The molecule has 1 atom stereocenters. The number of rotatable bonds is 7. The third-order valence-electron chi connectivity index (χ3n) is 7.75. The minimum atomic E-state index is -1.57. The summed E-state index contributed by atoms with van der Waals surface area (Å²) in [6.45, 7) is -0.556. The molecule has 3 amide bonds. The number of amides is 3. The van der Waals surface area contributed by atoms with Gasteiger partial charge in [-0.1, -0.05) is 60.7 Å². The molecule has 2 N–H and O–H groups in total. The number of carbonyl (C=O) groups excluding carboxylic acids is 3. The minimum Gasteiger partial charge on any atom is -0.480 e. The van der Waals surface area contributed by atoms with Gasteiger partial charge in [0.05, 0.1) is 6.54 Å². The predicted molar refractivity (Wildman–Crippen MR) is 153 cm³/mol. The fourth-order valence-corrected chi connectivity index (χ4v) is 5.84. The smallest absolute Gasteiger partial charge is 0.407 e. The van der Waals surface area contributed by atoms with E-state index >= 15 is 0 Å². The van der Waals surface area contributed by atoms with Crippen LogP contribution in [0.3, 0.4) is 0 Å². The number of nitrogens with one attached hydrogen (secondary N) is 1. The van der Waals surface area contributed by atoms with Crippen LogP contribution in [0.25, 0.3) is 21.9 Å². The lowest BCUT2D eigenvalue weighted by atomic mass is 9.92. The van der Waals surface area contributed by atoms with Gasteiger partial charge in [0.15, 0.2) is 0 Å². The minimum absolute atomic E-state index is 0.00262. The van der Waals surface area contributed by atoms with Crippen LogP contribution in [-0.4, -0.2) is 67.2 Å². The van der Waals surface area contributed by atoms with E-state index in [2.05, 4.69) is 5.32 Å². The number of imide groups is 1. The molecule has 2 aliphatic rings. The van der Waals surface area contributed by atoms with Crippen LogP contribution in [0, 0.1) is 0 Å². The number of carboxylic acid groups (broad SMARTS) is 1. The third-order valence-corrected chi connectivity index (χ3v) is 7.75. The van der Waals surface area contributed by atoms with Crippen LogP contribution in [0.4, 0.5) is 10.5 Å². The van der Waals surface area contributed by atoms with Gasteiger partial charge in [-0.3, -0.25) is 14.5 Å². The fraction of sp³-hybridized carbons (Fsp3) is 0.188. The number of ether oxygens (including phenoxy) is 1. The SMILES string of the molecule is CN(C)c1ccc2c3c(cccc13)C(=O)N(C[C@@H](NC(=O)OCC1c3ccccc3-c3ccccc31)C(=O)O)C2=O. The summed E-state index contributed by atoms with van der Waals surface area (Å²) in [7, 11) is 3.74. The molecule has 4 aromatic carbocycles. The Balaban J connectivity index is 1.19. The first kappa shape index (κ1) is 26.1. The normalized spacial score (nSPS) is 14.4. The first-order chi connectivity index (χ1) is 19.8. The van der Waals surface area contributed by atoms with Crippen molar-refractivity contribution in [1.29, 1.82) is 0 Å². The number of anilines is 1. The summed E-state index contributed by atoms with van der Waals surface area (Å²) in [5, 5.41) is 13.5. The van der Waals surface area contributed by atoms with Crippen LogP contribution >= 0.6 is 0 Å². The van der Waals surface area contributed by atoms with Crippen LogP contribution in [0.1, 0.15) is 37.8 Å². The van der Waals surface area contributed by atoms with E-state index in [0.717, 1.165) is 38.2 Å². The van der Waals surface area contributed by atoms with Gasteiger partial charge < -0.3 is 20.1 Å². The summed E-state index contributed by atoms with van der Waals surface area (Å²) in [6, 6.07) is 22.8. The molecule has 206 valence electrons. The van der Waals surface area contributed by atoms with Crippen molar-refractivity contribution in [3.05, 3.63) is 101 Å². The molecular formula is C32H27N3O6. The molecule has 0 unspecified atom stereocenters. The van der Waals surface area contributed by atoms with E-state index in [9.17, 15) is 24.3 Å². The highest BCUT2D eigenvalue weighted by atomic mass is 16.5. The number of carboxylic acids is 1. The van der Waals surface area contributed by atoms with Crippen LogP contribution < -0.4 is 10.2 Å². The zero-order valence-electron chi connectivity index (χ0n) is 22.5. The lowest BCUT2D eigenvalue weighted by Crippen LogP contribution is -2.52. The second kappa shape index (κ2) is 10.1. The van der Waals surface area contributed by atoms with E-state index in [4.69, 9.17) is 4.74 Å². The highest BCUT2D eigenvalue weighted by Crippen LogP contribution is 2.44. The van der Waals surface area contributed by atoms with Gasteiger partial charge in [-0.25, -0.2) is 9.59 Å². The van der Waals surface area contributed by atoms with Crippen molar-refractivity contribution in [2.75, 3.05) is 32.1 Å². The maximum Gasteiger partial charge on any atom is 0.407 e. The molecule has 0 fully saturated rings. The average Bonchev–Trinajstić information content (AvgIpc) is 3.29. The zero-order chi connectivity index (χ0) is 28.8. The molecule has 0 spiro atoms. The first-order valence-electron chi connectivity index (χ1n) is 13.2. The largest absolute Gasteiger partial charge is 0.480 e. The summed E-state index contributed by atoms with van der Waals surface area (Å²) < 4.78 is 5.50. The lowest BCUT2D eigenvalue weighted by molar-refractivity contribution is -0.139. The Hall–Kier alpha value is -5.18. The van der Waals surface area contributed by atoms with E-state index < -0.39 is 36.5 Å². The number of alkyl carbamates (subject to hydrolysis) is 1. The van der Waals surface area contributed by atoms with E-state index in [1.54, 1.807) is 24.3 Å². The molecular weight excluding hydrogens is 522 g/mol. The Labute approximate surface area is 235 Å². The Kier molecular flexibility index (Phi) is 6.42. The number of aliphatic carboxylic acids is 1. The summed E-state index contributed by atoms with van der Waals surface area (Å²) in [4.78, 5) is 54.6. The van der Waals surface area contributed by atoms with Crippen molar-refractivity contribution in [3.63, 3.8) is 0 Å². The van der Waals surface area contributed by atoms with Crippen LogP contribution in [0.5, 0.6) is 0 Å². The van der Waals surface area contributed by atoms with Gasteiger partial charge in [-0.15, -0.1) is 0 Å². The second-order valence-corrected chi connectivity index (χ2v) is 10.3. The molecule has 0 saturated carbocycles. The van der Waals surface area contributed by atoms with Crippen LogP contribution in [-0.2, 0) is 9.53 Å². The molecule has 9 heteroatoms. The first-order valence-corrected chi connectivity index (χ1v) is 13.2. The Morgan fingerprint density at radius 3 is 2.05 bits per heavy atom. The topological polar surface area (TPSA) is 116 Å². The van der Waals surface area contributed by atoms with Gasteiger partial charge in [0, 0.05) is 47.6 Å². The predicted octanol–water partition coefficient (Wildman–Crippen LogP) is 4.49. The van der Waals surface area contributed by atoms with Crippen molar-refractivity contribution in [3.8, 4) is 11.1 Å². The van der Waals surface area contributed by atoms with Crippen molar-refractivity contribution < 1.29 is 29.0 Å². The maximum absolute atomic E-state index is 13.4. The van der Waals surface area contributed by atoms with Crippen LogP contribution in [0.15, 0.2) is 78.9 Å². The van der Waals surface area contributed by atoms with Gasteiger partial charge >= 0.3 is 12.1 Å². The Morgan fingerprint density at radius 1 is 0.854 bits per heavy atom. The lowest BCUT2D eigenvalue weighted by Gasteiger charge is -2.30. The Bertz CT molecular complexity index is 1680. The number of benzene rings is 4. The number of hydrogen-bond acceptors (Lipinski definition) is 6. The number of fused-ring (bicyclic) bond motifs is 3. The molecule has 4 aromatic rings. The maximum atomic E-state index is 13.4. The fourth-order valence-electron chi connectivity index (χ4n) is 5.84. The third kappa shape index (κ3) is 4.35. The zero-order valence-corrected chi connectivity index (χ0v) is 22.5. The van der Waals surface area contributed by atoms with Gasteiger partial charge in [-0.2, -0.15) is 0 Å². The van der Waals surface area contributed by atoms with E-state index in [1.807, 2.05) is 73.6 Å². The Morgan fingerprint density at radius 2 is 1.44 bits per heavy atom.